The molecule has 0 fully saturated rings. The molecule has 0 aliphatic carbocycles. The monoisotopic (exact) mass is 360 g/mol. The van der Waals surface area contributed by atoms with Gasteiger partial charge in [0.15, 0.2) is 6.61 Å². The van der Waals surface area contributed by atoms with E-state index in [4.69, 9.17) is 16.3 Å². The van der Waals surface area contributed by atoms with Gasteiger partial charge in [-0.15, -0.1) is 0 Å². The van der Waals surface area contributed by atoms with Crippen LogP contribution >= 0.6 is 11.6 Å². The second-order valence-corrected chi connectivity index (χ2v) is 7.49. The lowest BCUT2D eigenvalue weighted by molar-refractivity contribution is -0.118. The van der Waals surface area contributed by atoms with Crippen LogP contribution in [0.4, 0.5) is 5.69 Å². The van der Waals surface area contributed by atoms with Gasteiger partial charge in [0, 0.05) is 28.4 Å². The van der Waals surface area contributed by atoms with E-state index >= 15 is 0 Å². The maximum atomic E-state index is 12.1. The smallest absolute Gasteiger partial charge is 0.262 e. The maximum Gasteiger partial charge on any atom is 0.262 e. The number of ether oxygens (including phenoxy) is 1. The minimum absolute atomic E-state index is 0.0254. The van der Waals surface area contributed by atoms with Crippen LogP contribution in [0.1, 0.15) is 31.9 Å². The molecule has 0 aliphatic heterocycles. The van der Waals surface area contributed by atoms with E-state index in [0.29, 0.717) is 17.3 Å². The number of amides is 1. The van der Waals surface area contributed by atoms with Gasteiger partial charge in [-0.05, 0) is 58.0 Å². The molecule has 0 radical (unpaired) electrons. The second kappa shape index (κ2) is 8.37. The largest absolute Gasteiger partial charge is 0.483 e. The van der Waals surface area contributed by atoms with Gasteiger partial charge in [-0.25, -0.2) is 0 Å². The summed E-state index contributed by atoms with van der Waals surface area (Å²) in [4.78, 5) is 12.1. The molecule has 4 nitrogen and oxygen atoms in total. The van der Waals surface area contributed by atoms with E-state index < -0.39 is 0 Å². The number of hydrogen-bond acceptors (Lipinski definition) is 3. The van der Waals surface area contributed by atoms with Crippen LogP contribution in [-0.4, -0.2) is 18.1 Å². The number of hydrogen-bond donors (Lipinski definition) is 2. The van der Waals surface area contributed by atoms with Crippen LogP contribution in [0.15, 0.2) is 42.5 Å². The number of halogens is 1. The van der Waals surface area contributed by atoms with Crippen molar-refractivity contribution in [2.24, 2.45) is 0 Å². The highest BCUT2D eigenvalue weighted by Crippen LogP contribution is 2.23. The Balaban J connectivity index is 1.97. The molecule has 1 amide bonds. The van der Waals surface area contributed by atoms with Gasteiger partial charge in [0.05, 0.1) is 0 Å². The maximum absolute atomic E-state index is 12.1. The zero-order valence-corrected chi connectivity index (χ0v) is 15.9. The molecule has 0 heterocycles. The quantitative estimate of drug-likeness (QED) is 0.794. The van der Waals surface area contributed by atoms with Crippen molar-refractivity contribution in [1.29, 1.82) is 0 Å². The van der Waals surface area contributed by atoms with E-state index in [-0.39, 0.29) is 18.1 Å². The van der Waals surface area contributed by atoms with Crippen molar-refractivity contribution in [1.82, 2.24) is 5.32 Å². The van der Waals surface area contributed by atoms with E-state index in [9.17, 15) is 4.79 Å². The number of anilines is 1. The Labute approximate surface area is 154 Å². The van der Waals surface area contributed by atoms with Crippen LogP contribution in [0.5, 0.6) is 5.75 Å². The highest BCUT2D eigenvalue weighted by molar-refractivity contribution is 6.30. The van der Waals surface area contributed by atoms with Crippen molar-refractivity contribution in [2.45, 2.75) is 39.8 Å². The van der Waals surface area contributed by atoms with Crippen LogP contribution < -0.4 is 15.4 Å². The summed E-state index contributed by atoms with van der Waals surface area (Å²) < 4.78 is 5.70. The van der Waals surface area contributed by atoms with E-state index in [1.54, 1.807) is 12.1 Å². The first-order chi connectivity index (χ1) is 11.7. The summed E-state index contributed by atoms with van der Waals surface area (Å²) in [6.07, 6.45) is 0. The molecule has 0 aromatic heterocycles. The van der Waals surface area contributed by atoms with Crippen LogP contribution in [0, 0.1) is 6.92 Å². The number of carbonyl (C=O) groups is 1. The number of benzene rings is 2. The number of aryl methyl sites for hydroxylation is 1. The van der Waals surface area contributed by atoms with Gasteiger partial charge in [0.2, 0.25) is 0 Å². The molecule has 0 saturated heterocycles. The highest BCUT2D eigenvalue weighted by Gasteiger charge is 2.12. The molecule has 0 aliphatic rings. The molecule has 2 N–H and O–H groups in total. The third-order valence-electron chi connectivity index (χ3n) is 3.53. The molecular formula is C20H25ClN2O2. The second-order valence-electron chi connectivity index (χ2n) is 7.06. The fourth-order valence-corrected chi connectivity index (χ4v) is 2.36. The van der Waals surface area contributed by atoms with Crippen LogP contribution in [0.3, 0.4) is 0 Å². The minimum atomic E-state index is -0.200. The van der Waals surface area contributed by atoms with Gasteiger partial charge in [-0.3, -0.25) is 4.79 Å². The van der Waals surface area contributed by atoms with Gasteiger partial charge in [0.1, 0.15) is 5.75 Å². The first-order valence-corrected chi connectivity index (χ1v) is 8.63. The third kappa shape index (κ3) is 6.77. The Hall–Kier alpha value is -2.04. The standard InChI is InChI=1S/C20H25ClN2O2/c1-14-5-8-17(9-6-14)23-19(24)13-25-18-10-7-16(21)11-15(18)12-22-20(2,3)4/h5-11,22H,12-13H2,1-4H3,(H,23,24). The highest BCUT2D eigenvalue weighted by atomic mass is 35.5. The normalized spacial score (nSPS) is 11.2. The number of carbonyl (C=O) groups excluding carboxylic acids is 1. The van der Waals surface area contributed by atoms with E-state index in [0.717, 1.165) is 16.8 Å². The molecule has 0 unspecified atom stereocenters. The summed E-state index contributed by atoms with van der Waals surface area (Å²) >= 11 is 6.09. The molecule has 5 heteroatoms. The lowest BCUT2D eigenvalue weighted by Crippen LogP contribution is -2.35. The Morgan fingerprint density at radius 3 is 2.44 bits per heavy atom. The minimum Gasteiger partial charge on any atom is -0.483 e. The lowest BCUT2D eigenvalue weighted by Gasteiger charge is -2.21. The van der Waals surface area contributed by atoms with Crippen molar-refractivity contribution < 1.29 is 9.53 Å². The molecule has 2 aromatic carbocycles. The fourth-order valence-electron chi connectivity index (χ4n) is 2.16. The van der Waals surface area contributed by atoms with Crippen LogP contribution in [0.25, 0.3) is 0 Å². The average Bonchev–Trinajstić information content (AvgIpc) is 2.53. The summed E-state index contributed by atoms with van der Waals surface area (Å²) in [5.74, 6) is 0.453. The van der Waals surface area contributed by atoms with Crippen molar-refractivity contribution >= 4 is 23.2 Å². The Bertz CT molecular complexity index is 721. The van der Waals surface area contributed by atoms with E-state index in [1.807, 2.05) is 37.3 Å². The molecule has 2 aromatic rings. The van der Waals surface area contributed by atoms with Gasteiger partial charge in [-0.1, -0.05) is 29.3 Å². The molecule has 0 saturated carbocycles. The summed E-state index contributed by atoms with van der Waals surface area (Å²) in [5, 5.41) is 6.86. The molecule has 0 spiro atoms. The lowest BCUT2D eigenvalue weighted by atomic mass is 10.1. The average molecular weight is 361 g/mol. The molecular weight excluding hydrogens is 336 g/mol. The number of rotatable bonds is 6. The molecule has 25 heavy (non-hydrogen) atoms. The first kappa shape index (κ1) is 19.3. The van der Waals surface area contributed by atoms with Crippen LogP contribution in [0.2, 0.25) is 5.02 Å². The SMILES string of the molecule is Cc1ccc(NC(=O)COc2ccc(Cl)cc2CNC(C)(C)C)cc1. The van der Waals surface area contributed by atoms with Gasteiger partial charge < -0.3 is 15.4 Å². The van der Waals surface area contributed by atoms with E-state index in [1.165, 1.54) is 0 Å². The summed E-state index contributed by atoms with van der Waals surface area (Å²) in [7, 11) is 0. The van der Waals surface area contributed by atoms with Crippen molar-refractivity contribution in [3.63, 3.8) is 0 Å². The number of nitrogens with one attached hydrogen (secondary N) is 2. The third-order valence-corrected chi connectivity index (χ3v) is 3.76. The van der Waals surface area contributed by atoms with Crippen LogP contribution in [-0.2, 0) is 11.3 Å². The summed E-state index contributed by atoms with van der Waals surface area (Å²) in [6, 6.07) is 13.0. The Morgan fingerprint density at radius 1 is 1.12 bits per heavy atom. The predicted molar refractivity (Wildman–Crippen MR) is 103 cm³/mol. The molecule has 134 valence electrons. The fraction of sp³-hybridized carbons (Fsp3) is 0.350. The predicted octanol–water partition coefficient (Wildman–Crippen LogP) is 4.55. The van der Waals surface area contributed by atoms with Crippen molar-refractivity contribution in [3.8, 4) is 5.75 Å². The Kier molecular flexibility index (Phi) is 6.45. The molecule has 0 atom stereocenters. The topological polar surface area (TPSA) is 50.4 Å². The zero-order valence-electron chi connectivity index (χ0n) is 15.2. The van der Waals surface area contributed by atoms with Gasteiger partial charge >= 0.3 is 0 Å². The van der Waals surface area contributed by atoms with E-state index in [2.05, 4.69) is 31.4 Å². The van der Waals surface area contributed by atoms with Gasteiger partial charge in [0.25, 0.3) is 5.91 Å². The van der Waals surface area contributed by atoms with Crippen molar-refractivity contribution in [2.75, 3.05) is 11.9 Å². The van der Waals surface area contributed by atoms with Crippen molar-refractivity contribution in [3.05, 3.63) is 58.6 Å². The summed E-state index contributed by atoms with van der Waals surface area (Å²) in [5.41, 5.74) is 2.80. The zero-order chi connectivity index (χ0) is 18.4. The summed E-state index contributed by atoms with van der Waals surface area (Å²) in [6.45, 7) is 8.83. The van der Waals surface area contributed by atoms with Gasteiger partial charge in [-0.2, -0.15) is 0 Å². The molecule has 2 rings (SSSR count). The molecule has 0 bridgehead atoms. The first-order valence-electron chi connectivity index (χ1n) is 8.26. The Morgan fingerprint density at radius 2 is 1.80 bits per heavy atom.